The van der Waals surface area contributed by atoms with E-state index in [0.717, 1.165) is 12.5 Å². The molecule has 1 aromatic rings. The van der Waals surface area contributed by atoms with Crippen LogP contribution in [-0.4, -0.2) is 18.6 Å². The Morgan fingerprint density at radius 3 is 2.53 bits per heavy atom. The maximum atomic E-state index is 3.63. The molecule has 0 fully saturated rings. The third-order valence-electron chi connectivity index (χ3n) is 3.12. The number of rotatable bonds is 6. The van der Waals surface area contributed by atoms with Crippen LogP contribution in [-0.2, 0) is 0 Å². The van der Waals surface area contributed by atoms with Gasteiger partial charge >= 0.3 is 0 Å². The standard InChI is InChI=1S/C15H25NS/c1-11-6-7-15(13(3)8-11)14(4)16-9-12(2)10-17-5/h6-8,12,14,16H,9-10H2,1-5H3. The Labute approximate surface area is 110 Å². The molecule has 17 heavy (non-hydrogen) atoms. The molecule has 0 bridgehead atoms. The third kappa shape index (κ3) is 4.72. The van der Waals surface area contributed by atoms with Crippen LogP contribution in [0.1, 0.15) is 36.6 Å². The second kappa shape index (κ2) is 7.07. The molecule has 0 aromatic heterocycles. The average Bonchev–Trinajstić information content (AvgIpc) is 2.26. The summed E-state index contributed by atoms with van der Waals surface area (Å²) in [6, 6.07) is 7.16. The van der Waals surface area contributed by atoms with Gasteiger partial charge in [-0.25, -0.2) is 0 Å². The van der Waals surface area contributed by atoms with E-state index in [1.165, 1.54) is 22.4 Å². The molecule has 1 N–H and O–H groups in total. The van der Waals surface area contributed by atoms with Gasteiger partial charge in [0, 0.05) is 6.04 Å². The number of nitrogens with one attached hydrogen (secondary N) is 1. The Bertz CT molecular complexity index is 349. The van der Waals surface area contributed by atoms with E-state index in [1.807, 2.05) is 11.8 Å². The predicted octanol–water partition coefficient (Wildman–Crippen LogP) is 3.95. The Hall–Kier alpha value is -0.470. The van der Waals surface area contributed by atoms with Crippen LogP contribution in [0.25, 0.3) is 0 Å². The summed E-state index contributed by atoms with van der Waals surface area (Å²) in [6.45, 7) is 10.00. The fourth-order valence-electron chi connectivity index (χ4n) is 2.14. The van der Waals surface area contributed by atoms with Crippen LogP contribution in [0.3, 0.4) is 0 Å². The smallest absolute Gasteiger partial charge is 0.0294 e. The Balaban J connectivity index is 2.54. The molecule has 1 rings (SSSR count). The third-order valence-corrected chi connectivity index (χ3v) is 4.02. The summed E-state index contributed by atoms with van der Waals surface area (Å²) in [4.78, 5) is 0. The molecule has 1 aromatic carbocycles. The maximum absolute atomic E-state index is 3.63. The number of aryl methyl sites for hydroxylation is 2. The summed E-state index contributed by atoms with van der Waals surface area (Å²) in [7, 11) is 0. The lowest BCUT2D eigenvalue weighted by Crippen LogP contribution is -2.26. The van der Waals surface area contributed by atoms with Crippen molar-refractivity contribution in [1.29, 1.82) is 0 Å². The molecule has 2 unspecified atom stereocenters. The van der Waals surface area contributed by atoms with E-state index >= 15 is 0 Å². The molecule has 2 atom stereocenters. The van der Waals surface area contributed by atoms with Crippen molar-refractivity contribution < 1.29 is 0 Å². The van der Waals surface area contributed by atoms with E-state index in [0.29, 0.717) is 6.04 Å². The highest BCUT2D eigenvalue weighted by atomic mass is 32.2. The summed E-state index contributed by atoms with van der Waals surface area (Å²) in [6.07, 6.45) is 2.17. The number of hydrogen-bond acceptors (Lipinski definition) is 2. The van der Waals surface area contributed by atoms with Crippen LogP contribution in [0.4, 0.5) is 0 Å². The molecule has 0 heterocycles. The Morgan fingerprint density at radius 1 is 1.24 bits per heavy atom. The van der Waals surface area contributed by atoms with Crippen LogP contribution in [0.2, 0.25) is 0 Å². The monoisotopic (exact) mass is 251 g/mol. The van der Waals surface area contributed by atoms with Crippen molar-refractivity contribution >= 4 is 11.8 Å². The summed E-state index contributed by atoms with van der Waals surface area (Å²) in [5.41, 5.74) is 4.16. The van der Waals surface area contributed by atoms with Crippen LogP contribution in [0, 0.1) is 19.8 Å². The molecule has 0 aliphatic carbocycles. The lowest BCUT2D eigenvalue weighted by Gasteiger charge is -2.19. The molecule has 0 saturated heterocycles. The highest BCUT2D eigenvalue weighted by Crippen LogP contribution is 2.18. The van der Waals surface area contributed by atoms with Crippen LogP contribution in [0.5, 0.6) is 0 Å². The molecular weight excluding hydrogens is 226 g/mol. The van der Waals surface area contributed by atoms with Gasteiger partial charge in [0.1, 0.15) is 0 Å². The van der Waals surface area contributed by atoms with Gasteiger partial charge in [-0.2, -0.15) is 11.8 Å². The zero-order valence-electron chi connectivity index (χ0n) is 11.7. The van der Waals surface area contributed by atoms with Gasteiger partial charge in [-0.1, -0.05) is 30.7 Å². The average molecular weight is 251 g/mol. The lowest BCUT2D eigenvalue weighted by molar-refractivity contribution is 0.500. The summed E-state index contributed by atoms with van der Waals surface area (Å²) >= 11 is 1.92. The lowest BCUT2D eigenvalue weighted by atomic mass is 10.00. The fourth-order valence-corrected chi connectivity index (χ4v) is 2.83. The van der Waals surface area contributed by atoms with Gasteiger partial charge in [-0.05, 0) is 56.4 Å². The van der Waals surface area contributed by atoms with Gasteiger partial charge in [-0.3, -0.25) is 0 Å². The minimum absolute atomic E-state index is 0.444. The van der Waals surface area contributed by atoms with Crippen molar-refractivity contribution in [2.24, 2.45) is 5.92 Å². The van der Waals surface area contributed by atoms with Crippen molar-refractivity contribution in [3.8, 4) is 0 Å². The first-order valence-electron chi connectivity index (χ1n) is 6.34. The summed E-state index contributed by atoms with van der Waals surface area (Å²) < 4.78 is 0. The second-order valence-corrected chi connectivity index (χ2v) is 5.96. The first kappa shape index (κ1) is 14.6. The fraction of sp³-hybridized carbons (Fsp3) is 0.600. The van der Waals surface area contributed by atoms with E-state index in [9.17, 15) is 0 Å². The quantitative estimate of drug-likeness (QED) is 0.821. The second-order valence-electron chi connectivity index (χ2n) is 5.05. The summed E-state index contributed by atoms with van der Waals surface area (Å²) in [5.74, 6) is 1.96. The van der Waals surface area contributed by atoms with Crippen LogP contribution < -0.4 is 5.32 Å². The molecule has 1 nitrogen and oxygen atoms in total. The summed E-state index contributed by atoms with van der Waals surface area (Å²) in [5, 5.41) is 3.63. The van der Waals surface area contributed by atoms with E-state index in [2.05, 4.69) is 57.5 Å². The largest absolute Gasteiger partial charge is 0.310 e. The van der Waals surface area contributed by atoms with Crippen molar-refractivity contribution in [2.75, 3.05) is 18.6 Å². The van der Waals surface area contributed by atoms with Crippen molar-refractivity contribution in [3.05, 3.63) is 34.9 Å². The molecule has 0 aliphatic heterocycles. The SMILES string of the molecule is CSCC(C)CNC(C)c1ccc(C)cc1C. The van der Waals surface area contributed by atoms with Gasteiger partial charge < -0.3 is 5.32 Å². The molecule has 96 valence electrons. The first-order chi connectivity index (χ1) is 8.04. The van der Waals surface area contributed by atoms with Gasteiger partial charge in [0.15, 0.2) is 0 Å². The molecule has 0 spiro atoms. The van der Waals surface area contributed by atoms with Gasteiger partial charge in [0.25, 0.3) is 0 Å². The van der Waals surface area contributed by atoms with Crippen molar-refractivity contribution in [3.63, 3.8) is 0 Å². The normalized spacial score (nSPS) is 14.6. The number of hydrogen-bond donors (Lipinski definition) is 1. The molecule has 0 aliphatic rings. The number of benzene rings is 1. The van der Waals surface area contributed by atoms with Gasteiger partial charge in [0.2, 0.25) is 0 Å². The van der Waals surface area contributed by atoms with E-state index in [-0.39, 0.29) is 0 Å². The van der Waals surface area contributed by atoms with Crippen molar-refractivity contribution in [1.82, 2.24) is 5.32 Å². The molecule has 0 saturated carbocycles. The zero-order chi connectivity index (χ0) is 12.8. The minimum Gasteiger partial charge on any atom is -0.310 e. The topological polar surface area (TPSA) is 12.0 Å². The Morgan fingerprint density at radius 2 is 1.94 bits per heavy atom. The zero-order valence-corrected chi connectivity index (χ0v) is 12.5. The maximum Gasteiger partial charge on any atom is 0.0294 e. The van der Waals surface area contributed by atoms with Crippen LogP contribution >= 0.6 is 11.8 Å². The predicted molar refractivity (Wildman–Crippen MR) is 79.9 cm³/mol. The first-order valence-corrected chi connectivity index (χ1v) is 7.73. The van der Waals surface area contributed by atoms with Gasteiger partial charge in [-0.15, -0.1) is 0 Å². The number of thioether (sulfide) groups is 1. The molecule has 2 heteroatoms. The highest BCUT2D eigenvalue weighted by molar-refractivity contribution is 7.98. The Kier molecular flexibility index (Phi) is 6.07. The molecule has 0 amide bonds. The van der Waals surface area contributed by atoms with Crippen LogP contribution in [0.15, 0.2) is 18.2 Å². The van der Waals surface area contributed by atoms with E-state index < -0.39 is 0 Å². The highest BCUT2D eigenvalue weighted by Gasteiger charge is 2.09. The molecule has 0 radical (unpaired) electrons. The van der Waals surface area contributed by atoms with E-state index in [1.54, 1.807) is 0 Å². The van der Waals surface area contributed by atoms with Gasteiger partial charge in [0.05, 0.1) is 0 Å². The molecular formula is C15H25NS. The minimum atomic E-state index is 0.444. The van der Waals surface area contributed by atoms with Crippen molar-refractivity contribution in [2.45, 2.75) is 33.7 Å². The van der Waals surface area contributed by atoms with E-state index in [4.69, 9.17) is 0 Å².